The molecule has 7 nitrogen and oxygen atoms in total. The molecule has 0 unspecified atom stereocenters. The number of amides is 1. The summed E-state index contributed by atoms with van der Waals surface area (Å²) in [5, 5.41) is 12.9. The van der Waals surface area contributed by atoms with E-state index in [2.05, 4.69) is 44.6 Å². The molecule has 2 aromatic heterocycles. The van der Waals surface area contributed by atoms with E-state index in [-0.39, 0.29) is 5.91 Å². The average molecular weight is 366 g/mol. The first-order valence-corrected chi connectivity index (χ1v) is 9.61. The van der Waals surface area contributed by atoms with E-state index < -0.39 is 0 Å². The highest BCUT2D eigenvalue weighted by Crippen LogP contribution is 2.15. The van der Waals surface area contributed by atoms with Gasteiger partial charge in [-0.1, -0.05) is 23.4 Å². The summed E-state index contributed by atoms with van der Waals surface area (Å²) in [6.45, 7) is 4.29. The van der Waals surface area contributed by atoms with E-state index in [1.807, 2.05) is 19.2 Å². The number of para-hydroxylation sites is 1. The van der Waals surface area contributed by atoms with Crippen LogP contribution in [0.3, 0.4) is 0 Å². The Labute approximate surface area is 158 Å². The molecule has 0 bridgehead atoms. The first-order chi connectivity index (χ1) is 13.2. The number of fused-ring (bicyclic) bond motifs is 1. The second-order valence-corrected chi connectivity index (χ2v) is 7.33. The Morgan fingerprint density at radius 2 is 2.22 bits per heavy atom. The number of hydrogen-bond donors (Lipinski definition) is 1. The summed E-state index contributed by atoms with van der Waals surface area (Å²) in [5.74, 6) is 0.475. The van der Waals surface area contributed by atoms with Crippen LogP contribution in [0.4, 0.5) is 0 Å². The molecule has 1 aromatic carbocycles. The van der Waals surface area contributed by atoms with E-state index in [4.69, 9.17) is 0 Å². The van der Waals surface area contributed by atoms with Gasteiger partial charge in [-0.15, -0.1) is 5.10 Å². The van der Waals surface area contributed by atoms with Gasteiger partial charge in [0.05, 0.1) is 6.20 Å². The highest BCUT2D eigenvalue weighted by molar-refractivity contribution is 5.91. The maximum Gasteiger partial charge on any atom is 0.275 e. The molecule has 27 heavy (non-hydrogen) atoms. The Morgan fingerprint density at radius 3 is 3.07 bits per heavy atom. The van der Waals surface area contributed by atoms with Crippen molar-refractivity contribution in [2.75, 3.05) is 26.7 Å². The van der Waals surface area contributed by atoms with E-state index in [1.165, 1.54) is 23.7 Å². The first kappa shape index (κ1) is 17.7. The van der Waals surface area contributed by atoms with E-state index in [9.17, 15) is 4.79 Å². The number of carbonyl (C=O) groups is 1. The molecule has 0 aliphatic carbocycles. The third-order valence-corrected chi connectivity index (χ3v) is 5.31. The quantitative estimate of drug-likeness (QED) is 0.725. The van der Waals surface area contributed by atoms with Gasteiger partial charge in [0.15, 0.2) is 5.69 Å². The SMILES string of the molecule is CN(CCn1ccc2ccccc21)C(=O)c1cn(C[C@H]2CCCNC2)nn1. The Hall–Kier alpha value is -2.67. The molecule has 1 amide bonds. The molecular weight excluding hydrogens is 340 g/mol. The van der Waals surface area contributed by atoms with Gasteiger partial charge in [-0.05, 0) is 49.4 Å². The summed E-state index contributed by atoms with van der Waals surface area (Å²) < 4.78 is 3.98. The number of piperidine rings is 1. The molecule has 142 valence electrons. The summed E-state index contributed by atoms with van der Waals surface area (Å²) >= 11 is 0. The monoisotopic (exact) mass is 366 g/mol. The number of benzene rings is 1. The van der Waals surface area contributed by atoms with Crippen molar-refractivity contribution in [1.29, 1.82) is 0 Å². The molecule has 0 radical (unpaired) electrons. The van der Waals surface area contributed by atoms with Crippen molar-refractivity contribution in [2.24, 2.45) is 5.92 Å². The highest BCUT2D eigenvalue weighted by Gasteiger charge is 2.18. The van der Waals surface area contributed by atoms with Crippen molar-refractivity contribution in [3.8, 4) is 0 Å². The molecule has 1 N–H and O–H groups in total. The van der Waals surface area contributed by atoms with Crippen molar-refractivity contribution in [1.82, 2.24) is 29.8 Å². The number of nitrogens with zero attached hydrogens (tertiary/aromatic N) is 5. The maximum atomic E-state index is 12.7. The van der Waals surface area contributed by atoms with Crippen LogP contribution in [0.5, 0.6) is 0 Å². The van der Waals surface area contributed by atoms with Gasteiger partial charge in [-0.3, -0.25) is 9.48 Å². The molecule has 3 heterocycles. The third kappa shape index (κ3) is 4.03. The minimum Gasteiger partial charge on any atom is -0.346 e. The Balaban J connectivity index is 1.34. The second-order valence-electron chi connectivity index (χ2n) is 7.33. The lowest BCUT2D eigenvalue weighted by Gasteiger charge is -2.22. The first-order valence-electron chi connectivity index (χ1n) is 9.61. The van der Waals surface area contributed by atoms with Crippen LogP contribution >= 0.6 is 0 Å². The van der Waals surface area contributed by atoms with E-state index >= 15 is 0 Å². The van der Waals surface area contributed by atoms with Crippen molar-refractivity contribution in [3.63, 3.8) is 0 Å². The molecule has 0 saturated carbocycles. The van der Waals surface area contributed by atoms with Crippen molar-refractivity contribution in [3.05, 3.63) is 48.4 Å². The van der Waals surface area contributed by atoms with Crippen LogP contribution in [0.25, 0.3) is 10.9 Å². The van der Waals surface area contributed by atoms with Gasteiger partial charge < -0.3 is 14.8 Å². The maximum absolute atomic E-state index is 12.7. The minimum atomic E-state index is -0.0838. The predicted octanol–water partition coefficient (Wildman–Crippen LogP) is 2.00. The normalized spacial score (nSPS) is 17.3. The predicted molar refractivity (Wildman–Crippen MR) is 105 cm³/mol. The van der Waals surface area contributed by atoms with Gasteiger partial charge >= 0.3 is 0 Å². The summed E-state index contributed by atoms with van der Waals surface area (Å²) in [6, 6.07) is 10.4. The van der Waals surface area contributed by atoms with Crippen LogP contribution < -0.4 is 5.32 Å². The van der Waals surface area contributed by atoms with Crippen molar-refractivity contribution in [2.45, 2.75) is 25.9 Å². The largest absolute Gasteiger partial charge is 0.346 e. The number of likely N-dealkylation sites (N-methyl/N-ethyl adjacent to an activating group) is 1. The Kier molecular flexibility index (Phi) is 5.20. The topological polar surface area (TPSA) is 68.0 Å². The molecule has 4 rings (SSSR count). The third-order valence-electron chi connectivity index (χ3n) is 5.31. The average Bonchev–Trinajstić information content (AvgIpc) is 3.33. The highest BCUT2D eigenvalue weighted by atomic mass is 16.2. The number of aromatic nitrogens is 4. The van der Waals surface area contributed by atoms with Gasteiger partial charge in [0.1, 0.15) is 0 Å². The number of carbonyl (C=O) groups excluding carboxylic acids is 1. The zero-order chi connectivity index (χ0) is 18.6. The van der Waals surface area contributed by atoms with Crippen LogP contribution in [-0.4, -0.2) is 57.1 Å². The van der Waals surface area contributed by atoms with Crippen molar-refractivity contribution >= 4 is 16.8 Å². The van der Waals surface area contributed by atoms with Gasteiger partial charge in [-0.25, -0.2) is 0 Å². The smallest absolute Gasteiger partial charge is 0.275 e. The lowest BCUT2D eigenvalue weighted by molar-refractivity contribution is 0.0785. The van der Waals surface area contributed by atoms with Crippen LogP contribution in [0, 0.1) is 5.92 Å². The summed E-state index contributed by atoms with van der Waals surface area (Å²) in [4.78, 5) is 14.4. The molecule has 1 aliphatic rings. The number of rotatable bonds is 6. The summed E-state index contributed by atoms with van der Waals surface area (Å²) in [7, 11) is 1.82. The fourth-order valence-electron chi connectivity index (χ4n) is 3.72. The van der Waals surface area contributed by atoms with Gasteiger partial charge in [0.25, 0.3) is 5.91 Å². The Bertz CT molecular complexity index is 908. The van der Waals surface area contributed by atoms with Crippen LogP contribution in [0.15, 0.2) is 42.7 Å². The molecule has 3 aromatic rings. The minimum absolute atomic E-state index is 0.0838. The van der Waals surface area contributed by atoms with Gasteiger partial charge in [0, 0.05) is 38.4 Å². The second kappa shape index (κ2) is 7.92. The zero-order valence-electron chi connectivity index (χ0n) is 15.7. The molecular formula is C20H26N6O. The molecule has 0 spiro atoms. The molecule has 1 fully saturated rings. The lowest BCUT2D eigenvalue weighted by Crippen LogP contribution is -2.32. The number of nitrogens with one attached hydrogen (secondary N) is 1. The van der Waals surface area contributed by atoms with E-state index in [1.54, 1.807) is 15.8 Å². The van der Waals surface area contributed by atoms with Gasteiger partial charge in [-0.2, -0.15) is 0 Å². The fraction of sp³-hybridized carbons (Fsp3) is 0.450. The van der Waals surface area contributed by atoms with E-state index in [0.717, 1.165) is 26.2 Å². The van der Waals surface area contributed by atoms with Crippen molar-refractivity contribution < 1.29 is 4.79 Å². The fourth-order valence-corrected chi connectivity index (χ4v) is 3.72. The van der Waals surface area contributed by atoms with Crippen LogP contribution in [0.1, 0.15) is 23.3 Å². The summed E-state index contributed by atoms with van der Waals surface area (Å²) in [6.07, 6.45) is 6.23. The molecule has 1 aliphatic heterocycles. The molecule has 1 atom stereocenters. The van der Waals surface area contributed by atoms with Crippen LogP contribution in [-0.2, 0) is 13.1 Å². The summed E-state index contributed by atoms with van der Waals surface area (Å²) in [5.41, 5.74) is 1.60. The zero-order valence-corrected chi connectivity index (χ0v) is 15.7. The van der Waals surface area contributed by atoms with Crippen LogP contribution in [0.2, 0.25) is 0 Å². The van der Waals surface area contributed by atoms with Gasteiger partial charge in [0.2, 0.25) is 0 Å². The number of hydrogen-bond acceptors (Lipinski definition) is 4. The van der Waals surface area contributed by atoms with E-state index in [0.29, 0.717) is 18.2 Å². The molecule has 1 saturated heterocycles. The standard InChI is InChI=1S/C20H26N6O/c1-24(11-12-25-10-8-17-6-2-3-7-19(17)25)20(27)18-15-26(23-22-18)14-16-5-4-9-21-13-16/h2-3,6-8,10,15-16,21H,4-5,9,11-14H2,1H3/t16-/m0/s1. The Morgan fingerprint density at radius 1 is 1.33 bits per heavy atom. The lowest BCUT2D eigenvalue weighted by atomic mass is 10.00. The molecule has 7 heteroatoms.